The Labute approximate surface area is 204 Å². The van der Waals surface area contributed by atoms with Crippen molar-refractivity contribution in [3.8, 4) is 0 Å². The van der Waals surface area contributed by atoms with Gasteiger partial charge in [-0.05, 0) is 43.3 Å². The van der Waals surface area contributed by atoms with Crippen LogP contribution in [0, 0.1) is 12.7 Å². The lowest BCUT2D eigenvalue weighted by Gasteiger charge is -2.37. The van der Waals surface area contributed by atoms with Gasteiger partial charge in [-0.3, -0.25) is 9.89 Å². The maximum atomic E-state index is 13.2. The normalized spacial score (nSPS) is 19.2. The Balaban J connectivity index is 0.00000272. The first-order valence-corrected chi connectivity index (χ1v) is 11.4. The molecule has 2 fully saturated rings. The van der Waals surface area contributed by atoms with Crippen molar-refractivity contribution in [3.05, 3.63) is 52.0 Å². The Morgan fingerprint density at radius 2 is 1.74 bits per heavy atom. The Bertz CT molecular complexity index is 848. The van der Waals surface area contributed by atoms with E-state index in [2.05, 4.69) is 33.8 Å². The number of benzene rings is 1. The van der Waals surface area contributed by atoms with Crippen LogP contribution in [0.3, 0.4) is 0 Å². The highest BCUT2D eigenvalue weighted by Crippen LogP contribution is 2.28. The molecule has 0 radical (unpaired) electrons. The number of morpholine rings is 1. The van der Waals surface area contributed by atoms with Gasteiger partial charge in [-0.2, -0.15) is 0 Å². The van der Waals surface area contributed by atoms with Crippen LogP contribution >= 0.6 is 35.3 Å². The monoisotopic (exact) mass is 559 g/mol. The van der Waals surface area contributed by atoms with Crippen molar-refractivity contribution in [2.45, 2.75) is 13.0 Å². The molecule has 1 aromatic heterocycles. The number of hydrogen-bond donors (Lipinski definition) is 1. The summed E-state index contributed by atoms with van der Waals surface area (Å²) in [4.78, 5) is 14.3. The predicted octanol–water partition coefficient (Wildman–Crippen LogP) is 3.32. The minimum Gasteiger partial charge on any atom is -0.379 e. The molecule has 2 aromatic rings. The summed E-state index contributed by atoms with van der Waals surface area (Å²) < 4.78 is 18.7. The maximum Gasteiger partial charge on any atom is 0.191 e. The summed E-state index contributed by atoms with van der Waals surface area (Å²) in [6, 6.07) is 11.3. The molecule has 9 heteroatoms. The standard InChI is InChI=1S/C22H30FN5OS.HI/c1-17-2-7-21(30-17)20(27-12-14-29-15-13-27)16-25-22(24)28-10-8-26(9-11-28)19-5-3-18(23)4-6-19;/h2-7,20H,8-16H2,1H3,(H2,24,25);1H. The Morgan fingerprint density at radius 1 is 1.06 bits per heavy atom. The first-order chi connectivity index (χ1) is 14.6. The highest BCUT2D eigenvalue weighted by molar-refractivity contribution is 14.0. The van der Waals surface area contributed by atoms with E-state index in [1.54, 1.807) is 0 Å². The molecular weight excluding hydrogens is 528 g/mol. The fourth-order valence-corrected chi connectivity index (χ4v) is 5.04. The Morgan fingerprint density at radius 3 is 2.35 bits per heavy atom. The summed E-state index contributed by atoms with van der Waals surface area (Å²) >= 11 is 1.84. The fourth-order valence-electron chi connectivity index (χ4n) is 4.03. The minimum absolute atomic E-state index is 0. The third-order valence-corrected chi connectivity index (χ3v) is 6.90. The molecule has 2 aliphatic heterocycles. The van der Waals surface area contributed by atoms with E-state index in [1.165, 1.54) is 21.9 Å². The summed E-state index contributed by atoms with van der Waals surface area (Å²) in [7, 11) is 0. The third-order valence-electron chi connectivity index (χ3n) is 5.80. The van der Waals surface area contributed by atoms with E-state index in [0.29, 0.717) is 12.5 Å². The van der Waals surface area contributed by atoms with E-state index in [9.17, 15) is 4.39 Å². The molecule has 0 saturated carbocycles. The lowest BCUT2D eigenvalue weighted by Crippen LogP contribution is -2.51. The zero-order valence-corrected chi connectivity index (χ0v) is 21.0. The molecule has 4 rings (SSSR count). The van der Waals surface area contributed by atoms with Gasteiger partial charge in [-0.1, -0.05) is 0 Å². The molecule has 1 atom stereocenters. The van der Waals surface area contributed by atoms with Crippen LogP contribution in [0.5, 0.6) is 0 Å². The first-order valence-electron chi connectivity index (χ1n) is 10.5. The number of thiophene rings is 1. The van der Waals surface area contributed by atoms with Crippen LogP contribution in [0.15, 0.2) is 41.4 Å². The molecule has 170 valence electrons. The molecule has 0 spiro atoms. The zero-order valence-electron chi connectivity index (χ0n) is 17.9. The smallest absolute Gasteiger partial charge is 0.191 e. The van der Waals surface area contributed by atoms with Crippen molar-refractivity contribution >= 4 is 47.0 Å². The zero-order chi connectivity index (χ0) is 20.9. The number of aryl methyl sites for hydroxylation is 1. The highest BCUT2D eigenvalue weighted by atomic mass is 127. The highest BCUT2D eigenvalue weighted by Gasteiger charge is 2.25. The van der Waals surface area contributed by atoms with Gasteiger partial charge in [0.15, 0.2) is 5.96 Å². The molecular formula is C22H31FIN5OS. The molecule has 2 aliphatic rings. The van der Waals surface area contributed by atoms with Crippen LogP contribution in [0.1, 0.15) is 15.8 Å². The summed E-state index contributed by atoms with van der Waals surface area (Å²) in [6.07, 6.45) is 0. The van der Waals surface area contributed by atoms with Crippen LogP contribution in [-0.2, 0) is 4.74 Å². The third kappa shape index (κ3) is 6.30. The predicted molar refractivity (Wildman–Crippen MR) is 136 cm³/mol. The molecule has 3 heterocycles. The van der Waals surface area contributed by atoms with E-state index in [0.717, 1.165) is 58.2 Å². The van der Waals surface area contributed by atoms with Crippen molar-refractivity contribution in [1.82, 2.24) is 9.80 Å². The average Bonchev–Trinajstić information content (AvgIpc) is 3.21. The van der Waals surface area contributed by atoms with Gasteiger partial charge in [-0.25, -0.2) is 4.39 Å². The van der Waals surface area contributed by atoms with Crippen LogP contribution in [-0.4, -0.2) is 74.8 Å². The summed E-state index contributed by atoms with van der Waals surface area (Å²) in [5.74, 6) is 0.407. The topological polar surface area (TPSA) is 57.3 Å². The lowest BCUT2D eigenvalue weighted by molar-refractivity contribution is 0.0186. The van der Waals surface area contributed by atoms with Crippen molar-refractivity contribution in [2.75, 3.05) is 63.9 Å². The van der Waals surface area contributed by atoms with E-state index < -0.39 is 0 Å². The van der Waals surface area contributed by atoms with Gasteiger partial charge < -0.3 is 20.3 Å². The lowest BCUT2D eigenvalue weighted by atomic mass is 10.2. The van der Waals surface area contributed by atoms with Gasteiger partial charge in [0, 0.05) is 54.7 Å². The number of halogens is 2. The molecule has 2 N–H and O–H groups in total. The van der Waals surface area contributed by atoms with Crippen LogP contribution in [0.4, 0.5) is 10.1 Å². The van der Waals surface area contributed by atoms with E-state index in [1.807, 2.05) is 23.5 Å². The number of guanidine groups is 1. The Kier molecular flexibility index (Phi) is 8.94. The number of ether oxygens (including phenoxy) is 1. The van der Waals surface area contributed by atoms with Gasteiger partial charge in [0.2, 0.25) is 0 Å². The SMILES string of the molecule is Cc1ccc(C(CN=C(N)N2CCN(c3ccc(F)cc3)CC2)N2CCOCC2)s1.I. The number of nitrogens with zero attached hydrogens (tertiary/aromatic N) is 4. The number of rotatable bonds is 5. The quantitative estimate of drug-likeness (QED) is 0.346. The van der Waals surface area contributed by atoms with E-state index in [-0.39, 0.29) is 35.8 Å². The minimum atomic E-state index is -0.204. The number of nitrogens with two attached hydrogens (primary N) is 1. The molecule has 0 amide bonds. The van der Waals surface area contributed by atoms with Crippen LogP contribution in [0.25, 0.3) is 0 Å². The summed E-state index contributed by atoms with van der Waals surface area (Å²) in [5, 5.41) is 0. The van der Waals surface area contributed by atoms with Crippen molar-refractivity contribution < 1.29 is 9.13 Å². The molecule has 6 nitrogen and oxygen atoms in total. The van der Waals surface area contributed by atoms with Gasteiger partial charge in [0.1, 0.15) is 5.82 Å². The van der Waals surface area contributed by atoms with Crippen LogP contribution < -0.4 is 10.6 Å². The molecule has 0 bridgehead atoms. The van der Waals surface area contributed by atoms with Crippen molar-refractivity contribution in [1.29, 1.82) is 0 Å². The second kappa shape index (κ2) is 11.4. The van der Waals surface area contributed by atoms with Crippen LogP contribution in [0.2, 0.25) is 0 Å². The second-order valence-corrected chi connectivity index (χ2v) is 9.08. The molecule has 31 heavy (non-hydrogen) atoms. The summed E-state index contributed by atoms with van der Waals surface area (Å²) in [5.41, 5.74) is 7.43. The van der Waals surface area contributed by atoms with Crippen molar-refractivity contribution in [3.63, 3.8) is 0 Å². The fraction of sp³-hybridized carbons (Fsp3) is 0.500. The molecule has 0 aliphatic carbocycles. The number of hydrogen-bond acceptors (Lipinski definition) is 5. The van der Waals surface area contributed by atoms with E-state index >= 15 is 0 Å². The first kappa shape index (κ1) is 24.2. The second-order valence-electron chi connectivity index (χ2n) is 7.76. The molecule has 1 aromatic carbocycles. The van der Waals surface area contributed by atoms with Crippen molar-refractivity contribution in [2.24, 2.45) is 10.7 Å². The largest absolute Gasteiger partial charge is 0.379 e. The molecule has 1 unspecified atom stereocenters. The van der Waals surface area contributed by atoms with Gasteiger partial charge in [-0.15, -0.1) is 35.3 Å². The number of piperazine rings is 1. The Hall–Kier alpha value is -1.43. The molecule has 2 saturated heterocycles. The number of aliphatic imine (C=N–C) groups is 1. The van der Waals surface area contributed by atoms with Gasteiger partial charge in [0.25, 0.3) is 0 Å². The van der Waals surface area contributed by atoms with E-state index in [4.69, 9.17) is 15.5 Å². The average molecular weight is 559 g/mol. The summed E-state index contributed by atoms with van der Waals surface area (Å²) in [6.45, 7) is 9.50. The van der Waals surface area contributed by atoms with Gasteiger partial charge >= 0.3 is 0 Å². The number of anilines is 1. The maximum absolute atomic E-state index is 13.2. The van der Waals surface area contributed by atoms with Gasteiger partial charge in [0.05, 0.1) is 25.8 Å².